The lowest BCUT2D eigenvalue weighted by Crippen LogP contribution is -2.49. The van der Waals surface area contributed by atoms with Crippen LogP contribution in [-0.2, 0) is 0 Å². The van der Waals surface area contributed by atoms with Crippen LogP contribution in [0.2, 0.25) is 0 Å². The molecule has 2 nitrogen and oxygen atoms in total. The van der Waals surface area contributed by atoms with Crippen LogP contribution >= 0.6 is 15.9 Å². The number of nitrogens with one attached hydrogen (secondary N) is 1. The molecule has 1 aliphatic rings. The van der Waals surface area contributed by atoms with E-state index in [1.165, 1.54) is 15.7 Å². The first kappa shape index (κ1) is 13.9. The molecule has 0 aliphatic carbocycles. The maximum Gasteiger partial charge on any atom is 0.0470 e. The van der Waals surface area contributed by atoms with Crippen LogP contribution < -0.4 is 10.2 Å². The van der Waals surface area contributed by atoms with Crippen molar-refractivity contribution in [1.29, 1.82) is 0 Å². The minimum Gasteiger partial charge on any atom is -0.365 e. The molecule has 1 saturated heterocycles. The van der Waals surface area contributed by atoms with E-state index in [4.69, 9.17) is 0 Å². The standard InChI is InChI=1S/C15H23BrN2/c1-11-8-17-10-15(3,4)18(9-11)13-6-5-12(2)14(16)7-13/h5-7,11,17H,8-10H2,1-4H3. The van der Waals surface area contributed by atoms with E-state index in [0.29, 0.717) is 5.92 Å². The van der Waals surface area contributed by atoms with E-state index >= 15 is 0 Å². The van der Waals surface area contributed by atoms with Gasteiger partial charge in [0, 0.05) is 28.8 Å². The zero-order valence-corrected chi connectivity index (χ0v) is 13.3. The van der Waals surface area contributed by atoms with Crippen LogP contribution in [0.1, 0.15) is 26.3 Å². The van der Waals surface area contributed by atoms with Crippen molar-refractivity contribution in [1.82, 2.24) is 5.32 Å². The van der Waals surface area contributed by atoms with Gasteiger partial charge < -0.3 is 10.2 Å². The first-order chi connectivity index (χ1) is 8.40. The molecule has 0 spiro atoms. The average molecular weight is 311 g/mol. The molecule has 18 heavy (non-hydrogen) atoms. The number of nitrogens with zero attached hydrogens (tertiary/aromatic N) is 1. The average Bonchev–Trinajstić information content (AvgIpc) is 2.41. The van der Waals surface area contributed by atoms with Crippen molar-refractivity contribution in [3.63, 3.8) is 0 Å². The molecule has 1 atom stereocenters. The first-order valence-electron chi connectivity index (χ1n) is 6.64. The van der Waals surface area contributed by atoms with Crippen molar-refractivity contribution >= 4 is 21.6 Å². The fourth-order valence-electron chi connectivity index (χ4n) is 2.55. The molecule has 1 heterocycles. The number of aryl methyl sites for hydroxylation is 1. The van der Waals surface area contributed by atoms with Crippen LogP contribution in [-0.4, -0.2) is 25.2 Å². The Labute approximate surface area is 119 Å². The molecule has 1 fully saturated rings. The van der Waals surface area contributed by atoms with E-state index in [0.717, 1.165) is 19.6 Å². The topological polar surface area (TPSA) is 15.3 Å². The van der Waals surface area contributed by atoms with E-state index in [2.05, 4.69) is 72.0 Å². The number of benzene rings is 1. The van der Waals surface area contributed by atoms with Crippen molar-refractivity contribution in [2.45, 2.75) is 33.2 Å². The fourth-order valence-corrected chi connectivity index (χ4v) is 2.91. The second kappa shape index (κ2) is 5.22. The van der Waals surface area contributed by atoms with Crippen LogP contribution in [0.15, 0.2) is 22.7 Å². The number of anilines is 1. The predicted octanol–water partition coefficient (Wildman–Crippen LogP) is 3.58. The summed E-state index contributed by atoms with van der Waals surface area (Å²) >= 11 is 3.64. The highest BCUT2D eigenvalue weighted by Crippen LogP contribution is 2.30. The van der Waals surface area contributed by atoms with Gasteiger partial charge in [-0.15, -0.1) is 0 Å². The van der Waals surface area contributed by atoms with Gasteiger partial charge in [-0.2, -0.15) is 0 Å². The third kappa shape index (κ3) is 2.89. The largest absolute Gasteiger partial charge is 0.365 e. The highest BCUT2D eigenvalue weighted by molar-refractivity contribution is 9.10. The van der Waals surface area contributed by atoms with E-state index in [1.807, 2.05) is 0 Å². The molecule has 1 aromatic rings. The van der Waals surface area contributed by atoms with Crippen LogP contribution in [0, 0.1) is 12.8 Å². The highest BCUT2D eigenvalue weighted by Gasteiger charge is 2.30. The molecule has 1 N–H and O–H groups in total. The summed E-state index contributed by atoms with van der Waals surface area (Å²) in [5, 5.41) is 3.56. The monoisotopic (exact) mass is 310 g/mol. The Balaban J connectivity index is 2.35. The Hall–Kier alpha value is -0.540. The summed E-state index contributed by atoms with van der Waals surface area (Å²) in [5.74, 6) is 0.673. The normalized spacial score (nSPS) is 23.8. The number of halogens is 1. The smallest absolute Gasteiger partial charge is 0.0470 e. The molecule has 1 unspecified atom stereocenters. The minimum atomic E-state index is 0.152. The van der Waals surface area contributed by atoms with Crippen LogP contribution in [0.3, 0.4) is 0 Å². The summed E-state index contributed by atoms with van der Waals surface area (Å²) in [4.78, 5) is 2.53. The van der Waals surface area contributed by atoms with Crippen molar-refractivity contribution < 1.29 is 0 Å². The van der Waals surface area contributed by atoms with E-state index in [9.17, 15) is 0 Å². The van der Waals surface area contributed by atoms with Crippen LogP contribution in [0.25, 0.3) is 0 Å². The molecule has 0 saturated carbocycles. The zero-order valence-electron chi connectivity index (χ0n) is 11.8. The Morgan fingerprint density at radius 1 is 1.39 bits per heavy atom. The molecule has 0 radical (unpaired) electrons. The van der Waals surface area contributed by atoms with Crippen LogP contribution in [0.5, 0.6) is 0 Å². The Bertz CT molecular complexity index is 429. The zero-order chi connectivity index (χ0) is 13.3. The fraction of sp³-hybridized carbons (Fsp3) is 0.600. The van der Waals surface area contributed by atoms with E-state index < -0.39 is 0 Å². The van der Waals surface area contributed by atoms with Gasteiger partial charge in [0.15, 0.2) is 0 Å². The first-order valence-corrected chi connectivity index (χ1v) is 7.44. The summed E-state index contributed by atoms with van der Waals surface area (Å²) in [6.45, 7) is 12.3. The van der Waals surface area contributed by atoms with Gasteiger partial charge in [0.1, 0.15) is 0 Å². The number of rotatable bonds is 1. The van der Waals surface area contributed by atoms with Gasteiger partial charge in [0.05, 0.1) is 0 Å². The summed E-state index contributed by atoms with van der Waals surface area (Å²) in [5.41, 5.74) is 2.75. The van der Waals surface area contributed by atoms with Gasteiger partial charge in [-0.1, -0.05) is 28.9 Å². The van der Waals surface area contributed by atoms with Gasteiger partial charge in [-0.3, -0.25) is 0 Å². The molecule has 0 aromatic heterocycles. The van der Waals surface area contributed by atoms with Gasteiger partial charge in [-0.25, -0.2) is 0 Å². The van der Waals surface area contributed by atoms with Crippen molar-refractivity contribution in [3.05, 3.63) is 28.2 Å². The second-order valence-corrected chi connectivity index (χ2v) is 6.95. The summed E-state index contributed by atoms with van der Waals surface area (Å²) in [6, 6.07) is 6.67. The quantitative estimate of drug-likeness (QED) is 0.853. The third-order valence-corrected chi connectivity index (χ3v) is 4.60. The van der Waals surface area contributed by atoms with Gasteiger partial charge in [0.2, 0.25) is 0 Å². The molecule has 1 aliphatic heterocycles. The van der Waals surface area contributed by atoms with Crippen molar-refractivity contribution in [2.75, 3.05) is 24.5 Å². The van der Waals surface area contributed by atoms with Gasteiger partial charge in [0.25, 0.3) is 0 Å². The van der Waals surface area contributed by atoms with E-state index in [1.54, 1.807) is 0 Å². The molecule has 100 valence electrons. The molecule has 2 rings (SSSR count). The summed E-state index contributed by atoms with van der Waals surface area (Å²) in [6.07, 6.45) is 0. The molecule has 1 aromatic carbocycles. The lowest BCUT2D eigenvalue weighted by Gasteiger charge is -2.39. The molecular formula is C15H23BrN2. The lowest BCUT2D eigenvalue weighted by atomic mass is 10.0. The number of hydrogen-bond acceptors (Lipinski definition) is 2. The van der Waals surface area contributed by atoms with Crippen molar-refractivity contribution in [3.8, 4) is 0 Å². The van der Waals surface area contributed by atoms with E-state index in [-0.39, 0.29) is 5.54 Å². The Morgan fingerprint density at radius 3 is 2.78 bits per heavy atom. The SMILES string of the molecule is Cc1ccc(N2CC(C)CNCC2(C)C)cc1Br. The molecular weight excluding hydrogens is 288 g/mol. The van der Waals surface area contributed by atoms with Gasteiger partial charge >= 0.3 is 0 Å². The summed E-state index contributed by atoms with van der Waals surface area (Å²) in [7, 11) is 0. The molecule has 0 bridgehead atoms. The maximum absolute atomic E-state index is 3.64. The molecule has 3 heteroatoms. The second-order valence-electron chi connectivity index (χ2n) is 6.09. The highest BCUT2D eigenvalue weighted by atomic mass is 79.9. The van der Waals surface area contributed by atoms with Gasteiger partial charge in [-0.05, 0) is 50.9 Å². The van der Waals surface area contributed by atoms with Crippen LogP contribution in [0.4, 0.5) is 5.69 Å². The third-order valence-electron chi connectivity index (χ3n) is 3.74. The predicted molar refractivity (Wildman–Crippen MR) is 82.3 cm³/mol. The minimum absolute atomic E-state index is 0.152. The Kier molecular flexibility index (Phi) is 4.02. The maximum atomic E-state index is 3.64. The summed E-state index contributed by atoms with van der Waals surface area (Å²) < 4.78 is 1.20. The van der Waals surface area contributed by atoms with Crippen molar-refractivity contribution in [2.24, 2.45) is 5.92 Å². The molecule has 0 amide bonds. The lowest BCUT2D eigenvalue weighted by molar-refractivity contribution is 0.460. The Morgan fingerprint density at radius 2 is 2.11 bits per heavy atom. The number of hydrogen-bond donors (Lipinski definition) is 1.